The van der Waals surface area contributed by atoms with E-state index in [0.717, 1.165) is 0 Å². The zero-order valence-electron chi connectivity index (χ0n) is 8.88. The lowest BCUT2D eigenvalue weighted by atomic mass is 10.3. The third-order valence-electron chi connectivity index (χ3n) is 1.65. The maximum absolute atomic E-state index is 11.1. The van der Waals surface area contributed by atoms with Gasteiger partial charge >= 0.3 is 0 Å². The molecule has 0 aromatic heterocycles. The van der Waals surface area contributed by atoms with Crippen LogP contribution in [0.25, 0.3) is 0 Å². The van der Waals surface area contributed by atoms with E-state index in [0.29, 0.717) is 32.7 Å². The van der Waals surface area contributed by atoms with E-state index in [9.17, 15) is 4.79 Å². The van der Waals surface area contributed by atoms with E-state index < -0.39 is 0 Å². The van der Waals surface area contributed by atoms with Crippen molar-refractivity contribution in [2.45, 2.75) is 19.4 Å². The smallest absolute Gasteiger partial charge is 0.233 e. The van der Waals surface area contributed by atoms with E-state index in [-0.39, 0.29) is 12.0 Å². The Kier molecular flexibility index (Phi) is 8.51. The number of nitrogens with one attached hydrogen (secondary N) is 2. The minimum atomic E-state index is -0.364. The maximum Gasteiger partial charge on any atom is 0.233 e. The summed E-state index contributed by atoms with van der Waals surface area (Å²) < 4.78 is 4.81. The molecule has 0 fully saturated rings. The van der Waals surface area contributed by atoms with Gasteiger partial charge in [-0.2, -0.15) is 0 Å². The number of aliphatic hydroxyl groups excluding tert-OH is 1. The quantitative estimate of drug-likeness (QED) is 0.449. The summed E-state index contributed by atoms with van der Waals surface area (Å²) in [6, 6.07) is 0. The number of ether oxygens (including phenoxy) is 1. The first kappa shape index (κ1) is 13.4. The fraction of sp³-hybridized carbons (Fsp3) is 0.889. The first-order valence-corrected chi connectivity index (χ1v) is 4.81. The van der Waals surface area contributed by atoms with Crippen LogP contribution in [-0.2, 0) is 9.53 Å². The lowest BCUT2D eigenvalue weighted by Gasteiger charge is -2.07. The molecule has 3 N–H and O–H groups in total. The lowest BCUT2D eigenvalue weighted by molar-refractivity contribution is -0.120. The highest BCUT2D eigenvalue weighted by atomic mass is 16.5. The summed E-state index contributed by atoms with van der Waals surface area (Å²) in [6.07, 6.45) is 0.223. The van der Waals surface area contributed by atoms with Gasteiger partial charge in [-0.15, -0.1) is 0 Å². The van der Waals surface area contributed by atoms with Crippen LogP contribution in [0.1, 0.15) is 13.3 Å². The van der Waals surface area contributed by atoms with Gasteiger partial charge in [-0.05, 0) is 13.3 Å². The van der Waals surface area contributed by atoms with Crippen LogP contribution >= 0.6 is 0 Å². The Balaban J connectivity index is 3.20. The Morgan fingerprint density at radius 1 is 1.50 bits per heavy atom. The molecule has 0 radical (unpaired) electrons. The van der Waals surface area contributed by atoms with Crippen molar-refractivity contribution in [1.82, 2.24) is 10.6 Å². The van der Waals surface area contributed by atoms with E-state index in [1.54, 1.807) is 14.0 Å². The molecule has 5 heteroatoms. The van der Waals surface area contributed by atoms with Crippen LogP contribution in [0, 0.1) is 0 Å². The van der Waals surface area contributed by atoms with Crippen molar-refractivity contribution in [2.75, 3.05) is 33.4 Å². The number of methoxy groups -OCH3 is 1. The molecule has 14 heavy (non-hydrogen) atoms. The molecular formula is C9H20N2O3. The van der Waals surface area contributed by atoms with Gasteiger partial charge in [-0.3, -0.25) is 4.79 Å². The Morgan fingerprint density at radius 3 is 2.79 bits per heavy atom. The number of hydrogen-bond donors (Lipinski definition) is 3. The summed E-state index contributed by atoms with van der Waals surface area (Å²) in [5.74, 6) is -0.0539. The lowest BCUT2D eigenvalue weighted by Crippen LogP contribution is -2.36. The predicted molar refractivity (Wildman–Crippen MR) is 54.1 cm³/mol. The molecule has 0 saturated heterocycles. The van der Waals surface area contributed by atoms with Gasteiger partial charge in [0.15, 0.2) is 0 Å². The van der Waals surface area contributed by atoms with Gasteiger partial charge in [-0.25, -0.2) is 0 Å². The van der Waals surface area contributed by atoms with Crippen molar-refractivity contribution in [3.63, 3.8) is 0 Å². The van der Waals surface area contributed by atoms with E-state index in [1.807, 2.05) is 0 Å². The number of rotatable bonds is 8. The van der Waals surface area contributed by atoms with Gasteiger partial charge in [0.1, 0.15) is 0 Å². The van der Waals surface area contributed by atoms with Crippen molar-refractivity contribution in [1.29, 1.82) is 0 Å². The molecule has 84 valence electrons. The molecule has 0 aromatic carbocycles. The minimum absolute atomic E-state index is 0.0539. The van der Waals surface area contributed by atoms with Crippen LogP contribution in [0.2, 0.25) is 0 Å². The van der Waals surface area contributed by atoms with Gasteiger partial charge < -0.3 is 20.5 Å². The van der Waals surface area contributed by atoms with Gasteiger partial charge in [0.25, 0.3) is 0 Å². The second-order valence-corrected chi connectivity index (χ2v) is 3.16. The molecule has 5 nitrogen and oxygen atoms in total. The molecule has 0 aromatic rings. The first-order chi connectivity index (χ1) is 6.66. The topological polar surface area (TPSA) is 70.6 Å². The van der Waals surface area contributed by atoms with E-state index >= 15 is 0 Å². The van der Waals surface area contributed by atoms with Crippen LogP contribution in [-0.4, -0.2) is 50.5 Å². The van der Waals surface area contributed by atoms with E-state index in [1.165, 1.54) is 0 Å². The fourth-order valence-electron chi connectivity index (χ4n) is 0.859. The zero-order valence-corrected chi connectivity index (χ0v) is 8.88. The van der Waals surface area contributed by atoms with Crippen molar-refractivity contribution in [2.24, 2.45) is 0 Å². The summed E-state index contributed by atoms with van der Waals surface area (Å²) in [6.45, 7) is 3.77. The molecule has 0 rings (SSSR count). The SMILES string of the molecule is COCCNCC(=O)NCCC(C)O. The van der Waals surface area contributed by atoms with Gasteiger partial charge in [0.05, 0.1) is 19.3 Å². The molecule has 0 aliphatic carbocycles. The van der Waals surface area contributed by atoms with Gasteiger partial charge in [-0.1, -0.05) is 0 Å². The summed E-state index contributed by atoms with van der Waals surface area (Å²) in [5.41, 5.74) is 0. The number of hydrogen-bond acceptors (Lipinski definition) is 4. The number of amides is 1. The van der Waals surface area contributed by atoms with Crippen LogP contribution in [0.15, 0.2) is 0 Å². The second kappa shape index (κ2) is 8.93. The third kappa shape index (κ3) is 9.44. The number of aliphatic hydroxyl groups is 1. The summed E-state index contributed by atoms with van der Waals surface area (Å²) in [5, 5.41) is 14.5. The fourth-order valence-corrected chi connectivity index (χ4v) is 0.859. The molecule has 1 amide bonds. The summed E-state index contributed by atoms with van der Waals surface area (Å²) in [4.78, 5) is 11.1. The maximum atomic E-state index is 11.1. The van der Waals surface area contributed by atoms with E-state index in [2.05, 4.69) is 10.6 Å². The van der Waals surface area contributed by atoms with Crippen LogP contribution in [0.4, 0.5) is 0 Å². The highest BCUT2D eigenvalue weighted by molar-refractivity contribution is 5.77. The average molecular weight is 204 g/mol. The minimum Gasteiger partial charge on any atom is -0.393 e. The molecule has 0 bridgehead atoms. The van der Waals surface area contributed by atoms with Gasteiger partial charge in [0.2, 0.25) is 5.91 Å². The molecule has 1 unspecified atom stereocenters. The standard InChI is InChI=1S/C9H20N2O3/c1-8(12)3-4-11-9(13)7-10-5-6-14-2/h8,10,12H,3-7H2,1-2H3,(H,11,13). The Hall–Kier alpha value is -0.650. The monoisotopic (exact) mass is 204 g/mol. The summed E-state index contributed by atoms with van der Waals surface area (Å²) in [7, 11) is 1.62. The molecule has 0 aliphatic rings. The van der Waals surface area contributed by atoms with Crippen molar-refractivity contribution >= 4 is 5.91 Å². The summed E-state index contributed by atoms with van der Waals surface area (Å²) >= 11 is 0. The van der Waals surface area contributed by atoms with Crippen LogP contribution < -0.4 is 10.6 Å². The molecule has 0 spiro atoms. The van der Waals surface area contributed by atoms with Crippen molar-refractivity contribution < 1.29 is 14.6 Å². The van der Waals surface area contributed by atoms with E-state index in [4.69, 9.17) is 9.84 Å². The molecule has 0 aliphatic heterocycles. The first-order valence-electron chi connectivity index (χ1n) is 4.81. The molecule has 0 heterocycles. The Bertz CT molecular complexity index is 151. The van der Waals surface area contributed by atoms with Crippen LogP contribution in [0.3, 0.4) is 0 Å². The number of carbonyl (C=O) groups excluding carboxylic acids is 1. The van der Waals surface area contributed by atoms with Crippen LogP contribution in [0.5, 0.6) is 0 Å². The zero-order chi connectivity index (χ0) is 10.8. The number of carbonyl (C=O) groups is 1. The van der Waals surface area contributed by atoms with Crippen molar-refractivity contribution in [3.8, 4) is 0 Å². The molecular weight excluding hydrogens is 184 g/mol. The van der Waals surface area contributed by atoms with Crippen molar-refractivity contribution in [3.05, 3.63) is 0 Å². The normalized spacial score (nSPS) is 12.5. The third-order valence-corrected chi connectivity index (χ3v) is 1.65. The second-order valence-electron chi connectivity index (χ2n) is 3.16. The highest BCUT2D eigenvalue weighted by Gasteiger charge is 2.00. The Labute approximate surface area is 84.8 Å². The van der Waals surface area contributed by atoms with Gasteiger partial charge in [0, 0.05) is 20.2 Å². The average Bonchev–Trinajstić information content (AvgIpc) is 2.12. The Morgan fingerprint density at radius 2 is 2.21 bits per heavy atom. The molecule has 1 atom stereocenters. The highest BCUT2D eigenvalue weighted by Crippen LogP contribution is 1.85. The largest absolute Gasteiger partial charge is 0.393 e. The molecule has 0 saturated carbocycles. The predicted octanol–water partition coefficient (Wildman–Crippen LogP) is -0.890.